The van der Waals surface area contributed by atoms with Crippen molar-refractivity contribution >= 4 is 11.9 Å². The van der Waals surface area contributed by atoms with E-state index in [4.69, 9.17) is 10.2 Å². The molecule has 0 aliphatic rings. The maximum absolute atomic E-state index is 10.3. The minimum absolute atomic E-state index is 0. The average Bonchev–Trinajstić information content (AvgIpc) is 3.03. The zero-order chi connectivity index (χ0) is 34.0. The van der Waals surface area contributed by atoms with Gasteiger partial charge in [0.1, 0.15) is 0 Å². The minimum atomic E-state index is -0.741. The van der Waals surface area contributed by atoms with Crippen LogP contribution in [0.15, 0.2) is 134 Å². The fourth-order valence-corrected chi connectivity index (χ4v) is 3.59. The van der Waals surface area contributed by atoms with Gasteiger partial charge in [-0.05, 0) is 89.9 Å². The van der Waals surface area contributed by atoms with E-state index in [1.165, 1.54) is 0 Å². The van der Waals surface area contributed by atoms with E-state index in [0.717, 1.165) is 83.5 Å². The summed E-state index contributed by atoms with van der Waals surface area (Å²) in [6.07, 6.45) is 60.9. The molecule has 0 heterocycles. The summed E-state index contributed by atoms with van der Waals surface area (Å²) >= 11 is 0. The Morgan fingerprint density at radius 1 is 0.362 bits per heavy atom. The molecule has 2 N–H and O–H groups in total. The second-order valence-corrected chi connectivity index (χ2v) is 10.3. The van der Waals surface area contributed by atoms with Crippen LogP contribution >= 0.6 is 0 Å². The van der Waals surface area contributed by atoms with E-state index in [1.807, 2.05) is 12.2 Å². The third-order valence-electron chi connectivity index (χ3n) is 6.04. The zero-order valence-electron chi connectivity index (χ0n) is 28.7. The predicted molar refractivity (Wildman–Crippen MR) is 208 cm³/mol. The highest BCUT2D eigenvalue weighted by Crippen LogP contribution is 2.00. The highest BCUT2D eigenvalue weighted by molar-refractivity contribution is 5.67. The van der Waals surface area contributed by atoms with Gasteiger partial charge in [0.25, 0.3) is 0 Å². The van der Waals surface area contributed by atoms with Crippen molar-refractivity contribution in [2.45, 2.75) is 124 Å². The number of hydrogen-bond acceptors (Lipinski definition) is 2. The van der Waals surface area contributed by atoms with E-state index < -0.39 is 11.9 Å². The molecule has 0 atom stereocenters. The molecule has 0 aliphatic carbocycles. The van der Waals surface area contributed by atoms with Gasteiger partial charge in [-0.1, -0.05) is 155 Å². The first kappa shape index (κ1) is 47.5. The molecule has 0 unspecified atom stereocenters. The first-order valence-corrected chi connectivity index (χ1v) is 17.1. The maximum atomic E-state index is 10.3. The number of carboxylic acid groups (broad SMARTS) is 2. The van der Waals surface area contributed by atoms with Gasteiger partial charge in [-0.3, -0.25) is 9.59 Å². The second-order valence-electron chi connectivity index (χ2n) is 10.3. The first-order chi connectivity index (χ1) is 22.5. The number of carbonyl (C=O) groups is 2. The van der Waals surface area contributed by atoms with Crippen molar-refractivity contribution in [2.24, 2.45) is 0 Å². The van der Waals surface area contributed by atoms with E-state index >= 15 is 0 Å². The predicted octanol–water partition coefficient (Wildman–Crippen LogP) is 13.2. The van der Waals surface area contributed by atoms with Crippen LogP contribution in [0.2, 0.25) is 0 Å². The lowest BCUT2D eigenvalue weighted by molar-refractivity contribution is -0.138. The summed E-state index contributed by atoms with van der Waals surface area (Å²) in [6.45, 7) is 4.29. The van der Waals surface area contributed by atoms with Crippen LogP contribution < -0.4 is 0 Å². The van der Waals surface area contributed by atoms with Crippen LogP contribution in [0.3, 0.4) is 0 Å². The van der Waals surface area contributed by atoms with Crippen LogP contribution in [0.1, 0.15) is 124 Å². The largest absolute Gasteiger partial charge is 0.481 e. The molecule has 47 heavy (non-hydrogen) atoms. The van der Waals surface area contributed by atoms with Gasteiger partial charge >= 0.3 is 11.9 Å². The molecule has 0 aromatic rings. The number of carboxylic acids is 2. The summed E-state index contributed by atoms with van der Waals surface area (Å²) in [7, 11) is 0. The topological polar surface area (TPSA) is 74.6 Å². The third-order valence-corrected chi connectivity index (χ3v) is 6.04. The molecule has 0 rings (SSSR count). The van der Waals surface area contributed by atoms with Gasteiger partial charge < -0.3 is 10.2 Å². The number of aliphatic carboxylic acids is 2. The SMILES string of the molecule is C.CC/C=C\C/C=C\C/C=C\C/C=C\C/C=C\C/C=C\CCC(=O)O.CC/C=C\C/C=C\C/C=C\C/C=C\C/C=C\CCCC(=O)O. The summed E-state index contributed by atoms with van der Waals surface area (Å²) in [4.78, 5) is 20.6. The molecule has 4 heteroatoms. The van der Waals surface area contributed by atoms with E-state index in [2.05, 4.69) is 135 Å². The molecule has 0 radical (unpaired) electrons. The number of rotatable bonds is 27. The fraction of sp³-hybridized carbons (Fsp3) is 0.442. The molecule has 0 amide bonds. The molecule has 0 aromatic carbocycles. The Balaban J connectivity index is -0.000000810. The van der Waals surface area contributed by atoms with E-state index in [-0.39, 0.29) is 20.3 Å². The smallest absolute Gasteiger partial charge is 0.303 e. The molecule has 0 saturated heterocycles. The van der Waals surface area contributed by atoms with Crippen molar-refractivity contribution in [3.8, 4) is 0 Å². The Morgan fingerprint density at radius 3 is 0.851 bits per heavy atom. The van der Waals surface area contributed by atoms with Gasteiger partial charge in [-0.25, -0.2) is 0 Å². The van der Waals surface area contributed by atoms with E-state index in [9.17, 15) is 9.59 Å². The van der Waals surface area contributed by atoms with Crippen molar-refractivity contribution in [2.75, 3.05) is 0 Å². The Hall–Kier alpha value is -3.92. The van der Waals surface area contributed by atoms with Gasteiger partial charge in [-0.2, -0.15) is 0 Å². The Morgan fingerprint density at radius 2 is 0.596 bits per heavy atom. The number of unbranched alkanes of at least 4 members (excludes halogenated alkanes) is 1. The highest BCUT2D eigenvalue weighted by atomic mass is 16.4. The molecular formula is C43H66O4. The molecule has 262 valence electrons. The van der Waals surface area contributed by atoms with E-state index in [1.54, 1.807) is 0 Å². The monoisotopic (exact) mass is 646 g/mol. The average molecular weight is 647 g/mol. The molecule has 0 aliphatic heterocycles. The highest BCUT2D eigenvalue weighted by Gasteiger charge is 1.92. The van der Waals surface area contributed by atoms with Gasteiger partial charge in [0.05, 0.1) is 0 Å². The van der Waals surface area contributed by atoms with Gasteiger partial charge in [0, 0.05) is 12.8 Å². The van der Waals surface area contributed by atoms with Crippen LogP contribution in [0.5, 0.6) is 0 Å². The molecule has 0 spiro atoms. The lowest BCUT2D eigenvalue weighted by Crippen LogP contribution is -1.92. The van der Waals surface area contributed by atoms with Crippen LogP contribution in [0.4, 0.5) is 0 Å². The Labute approximate surface area is 288 Å². The number of hydrogen-bond donors (Lipinski definition) is 2. The van der Waals surface area contributed by atoms with Crippen LogP contribution in [-0.2, 0) is 9.59 Å². The molecular weight excluding hydrogens is 580 g/mol. The summed E-state index contributed by atoms with van der Waals surface area (Å²) in [5.74, 6) is -1.46. The van der Waals surface area contributed by atoms with Crippen LogP contribution in [-0.4, -0.2) is 22.2 Å². The molecule has 0 fully saturated rings. The van der Waals surface area contributed by atoms with Gasteiger partial charge in [0.15, 0.2) is 0 Å². The molecule has 0 aromatic heterocycles. The van der Waals surface area contributed by atoms with Crippen molar-refractivity contribution in [3.63, 3.8) is 0 Å². The normalized spacial score (nSPS) is 12.6. The van der Waals surface area contributed by atoms with Crippen LogP contribution in [0, 0.1) is 0 Å². The third kappa shape index (κ3) is 51.9. The minimum Gasteiger partial charge on any atom is -0.481 e. The number of allylic oxidation sites excluding steroid dienone is 22. The molecule has 0 saturated carbocycles. The zero-order valence-corrected chi connectivity index (χ0v) is 28.7. The maximum Gasteiger partial charge on any atom is 0.303 e. The van der Waals surface area contributed by atoms with Crippen molar-refractivity contribution in [1.82, 2.24) is 0 Å². The second kappa shape index (κ2) is 44.2. The summed E-state index contributed by atoms with van der Waals surface area (Å²) in [5.41, 5.74) is 0. The van der Waals surface area contributed by atoms with Crippen molar-refractivity contribution in [3.05, 3.63) is 134 Å². The Bertz CT molecular complexity index is 1030. The standard InChI is InChI=1S/C22H32O2.C20H30O2.CH4/c1-2-3-4-5-6-7-8-9-10-11-12-13-14-15-16-17-18-19-20-21-22(23)24;1-2-3-4-5-6-7-8-9-10-11-12-13-14-15-16-17-18-19-20(21)22;/h3-4,6-7,9-10,12-13,15-16,18-19H,2,5,8,11,14,17,20-21H2,1H3,(H,23,24);3-4,6-7,9-10,12-13,15-16H,2,5,8,11,14,17-19H2,1H3,(H,21,22);1H4/b4-3-,7-6-,10-9-,13-12-,16-15-,19-18-;4-3-,7-6-,10-9-,13-12-,16-15-;. The van der Waals surface area contributed by atoms with Crippen molar-refractivity contribution in [1.29, 1.82) is 0 Å². The quantitative estimate of drug-likeness (QED) is 0.0688. The van der Waals surface area contributed by atoms with Crippen LogP contribution in [0.25, 0.3) is 0 Å². The summed E-state index contributed by atoms with van der Waals surface area (Å²) in [5, 5.41) is 17.0. The lowest BCUT2D eigenvalue weighted by atomic mass is 10.2. The summed E-state index contributed by atoms with van der Waals surface area (Å²) in [6, 6.07) is 0. The Kier molecular flexibility index (Phi) is 44.7. The first-order valence-electron chi connectivity index (χ1n) is 17.1. The van der Waals surface area contributed by atoms with Gasteiger partial charge in [0.2, 0.25) is 0 Å². The fourth-order valence-electron chi connectivity index (χ4n) is 3.59. The molecule has 0 bridgehead atoms. The van der Waals surface area contributed by atoms with Gasteiger partial charge in [-0.15, -0.1) is 0 Å². The lowest BCUT2D eigenvalue weighted by Gasteiger charge is -1.89. The van der Waals surface area contributed by atoms with E-state index in [0.29, 0.717) is 6.42 Å². The molecule has 4 nitrogen and oxygen atoms in total. The summed E-state index contributed by atoms with van der Waals surface area (Å²) < 4.78 is 0. The van der Waals surface area contributed by atoms with Crippen molar-refractivity contribution < 1.29 is 19.8 Å².